The lowest BCUT2D eigenvalue weighted by Gasteiger charge is -2.31. The van der Waals surface area contributed by atoms with Gasteiger partial charge >= 0.3 is 0 Å². The molecular formula is C22H27N3O3. The fraction of sp³-hybridized carbons (Fsp3) is 0.364. The van der Waals surface area contributed by atoms with Crippen molar-refractivity contribution in [3.8, 4) is 5.75 Å². The normalized spacial score (nSPS) is 15.0. The van der Waals surface area contributed by atoms with Gasteiger partial charge in [-0.1, -0.05) is 35.9 Å². The Morgan fingerprint density at radius 3 is 2.36 bits per heavy atom. The van der Waals surface area contributed by atoms with Crippen LogP contribution in [0, 0.1) is 6.92 Å². The molecule has 6 nitrogen and oxygen atoms in total. The third kappa shape index (κ3) is 6.39. The van der Waals surface area contributed by atoms with Gasteiger partial charge in [0, 0.05) is 24.8 Å². The van der Waals surface area contributed by atoms with E-state index in [1.165, 1.54) is 0 Å². The van der Waals surface area contributed by atoms with Crippen LogP contribution in [-0.4, -0.2) is 49.0 Å². The topological polar surface area (TPSA) is 70.7 Å². The lowest BCUT2D eigenvalue weighted by molar-refractivity contribution is -0.124. The van der Waals surface area contributed by atoms with Crippen molar-refractivity contribution in [2.24, 2.45) is 0 Å². The van der Waals surface area contributed by atoms with Gasteiger partial charge in [0.1, 0.15) is 5.75 Å². The molecule has 0 aromatic heterocycles. The van der Waals surface area contributed by atoms with Gasteiger partial charge in [0.2, 0.25) is 5.91 Å². The van der Waals surface area contributed by atoms with E-state index in [2.05, 4.69) is 15.5 Å². The standard InChI is InChI=1S/C22H27N3O3/c1-17-7-9-20(10-8-17)28-16-22(27)24-19-11-13-25(14-12-19)15-21(26)23-18-5-3-2-4-6-18/h2-10,19H,11-16H2,1H3,(H,23,26)(H,24,27). The molecule has 1 saturated heterocycles. The number of carbonyl (C=O) groups excluding carboxylic acids is 2. The van der Waals surface area contributed by atoms with Crippen LogP contribution in [-0.2, 0) is 9.59 Å². The molecule has 0 aliphatic carbocycles. The number of para-hydroxylation sites is 1. The Hall–Kier alpha value is -2.86. The van der Waals surface area contributed by atoms with Gasteiger partial charge in [0.15, 0.2) is 6.61 Å². The van der Waals surface area contributed by atoms with E-state index in [0.29, 0.717) is 12.3 Å². The van der Waals surface area contributed by atoms with Crippen LogP contribution in [0.1, 0.15) is 18.4 Å². The maximum absolute atomic E-state index is 12.1. The SMILES string of the molecule is Cc1ccc(OCC(=O)NC2CCN(CC(=O)Nc3ccccc3)CC2)cc1. The minimum atomic E-state index is -0.110. The van der Waals surface area contributed by atoms with E-state index in [-0.39, 0.29) is 24.5 Å². The predicted octanol–water partition coefficient (Wildman–Crippen LogP) is 2.59. The van der Waals surface area contributed by atoms with E-state index in [1.54, 1.807) is 0 Å². The molecule has 2 aromatic rings. The van der Waals surface area contributed by atoms with Crippen molar-refractivity contribution in [2.75, 3.05) is 31.6 Å². The van der Waals surface area contributed by atoms with Crippen LogP contribution in [0.4, 0.5) is 5.69 Å². The lowest BCUT2D eigenvalue weighted by atomic mass is 10.1. The number of nitrogens with one attached hydrogen (secondary N) is 2. The molecule has 1 aliphatic rings. The van der Waals surface area contributed by atoms with E-state index in [1.807, 2.05) is 61.5 Å². The Morgan fingerprint density at radius 1 is 1.00 bits per heavy atom. The molecule has 0 saturated carbocycles. The molecule has 0 atom stereocenters. The highest BCUT2D eigenvalue weighted by molar-refractivity contribution is 5.92. The Morgan fingerprint density at radius 2 is 1.68 bits per heavy atom. The molecule has 3 rings (SSSR count). The van der Waals surface area contributed by atoms with Crippen LogP contribution < -0.4 is 15.4 Å². The monoisotopic (exact) mass is 381 g/mol. The number of hydrogen-bond acceptors (Lipinski definition) is 4. The summed E-state index contributed by atoms with van der Waals surface area (Å²) in [5.41, 5.74) is 1.96. The molecule has 148 valence electrons. The van der Waals surface area contributed by atoms with Crippen molar-refractivity contribution in [3.63, 3.8) is 0 Å². The summed E-state index contributed by atoms with van der Waals surface area (Å²) in [6, 6.07) is 17.2. The fourth-order valence-corrected chi connectivity index (χ4v) is 3.21. The van der Waals surface area contributed by atoms with Crippen LogP contribution in [0.5, 0.6) is 5.75 Å². The van der Waals surface area contributed by atoms with E-state index >= 15 is 0 Å². The number of carbonyl (C=O) groups is 2. The molecular weight excluding hydrogens is 354 g/mol. The number of rotatable bonds is 7. The second-order valence-electron chi connectivity index (χ2n) is 7.13. The Bertz CT molecular complexity index is 769. The number of aryl methyl sites for hydroxylation is 1. The molecule has 2 N–H and O–H groups in total. The summed E-state index contributed by atoms with van der Waals surface area (Å²) >= 11 is 0. The zero-order valence-electron chi connectivity index (χ0n) is 16.2. The first-order valence-electron chi connectivity index (χ1n) is 9.64. The summed E-state index contributed by atoms with van der Waals surface area (Å²) in [7, 11) is 0. The second-order valence-corrected chi connectivity index (χ2v) is 7.13. The average Bonchev–Trinajstić information content (AvgIpc) is 2.70. The van der Waals surface area contributed by atoms with Crippen molar-refractivity contribution in [2.45, 2.75) is 25.8 Å². The van der Waals surface area contributed by atoms with Crippen LogP contribution >= 0.6 is 0 Å². The first kappa shape index (κ1) is 19.9. The van der Waals surface area contributed by atoms with E-state index in [9.17, 15) is 9.59 Å². The number of hydrogen-bond donors (Lipinski definition) is 2. The number of ether oxygens (including phenoxy) is 1. The molecule has 0 bridgehead atoms. The Kier molecular flexibility index (Phi) is 7.03. The number of anilines is 1. The van der Waals surface area contributed by atoms with Crippen molar-refractivity contribution in [1.29, 1.82) is 0 Å². The number of amides is 2. The highest BCUT2D eigenvalue weighted by atomic mass is 16.5. The summed E-state index contributed by atoms with van der Waals surface area (Å²) in [4.78, 5) is 26.4. The zero-order chi connectivity index (χ0) is 19.8. The number of piperidine rings is 1. The predicted molar refractivity (Wildman–Crippen MR) is 109 cm³/mol. The van der Waals surface area contributed by atoms with E-state index < -0.39 is 0 Å². The highest BCUT2D eigenvalue weighted by Gasteiger charge is 2.22. The van der Waals surface area contributed by atoms with Crippen molar-refractivity contribution >= 4 is 17.5 Å². The molecule has 6 heteroatoms. The molecule has 1 heterocycles. The van der Waals surface area contributed by atoms with Gasteiger partial charge < -0.3 is 15.4 Å². The number of likely N-dealkylation sites (tertiary alicyclic amines) is 1. The van der Waals surface area contributed by atoms with Gasteiger partial charge in [0.25, 0.3) is 5.91 Å². The first-order valence-corrected chi connectivity index (χ1v) is 9.64. The van der Waals surface area contributed by atoms with Crippen molar-refractivity contribution in [3.05, 3.63) is 60.2 Å². The first-order chi connectivity index (χ1) is 13.6. The summed E-state index contributed by atoms with van der Waals surface area (Å²) in [6.45, 7) is 3.96. The van der Waals surface area contributed by atoms with Crippen LogP contribution in [0.2, 0.25) is 0 Å². The van der Waals surface area contributed by atoms with E-state index in [4.69, 9.17) is 4.74 Å². The lowest BCUT2D eigenvalue weighted by Crippen LogP contribution is -2.47. The average molecular weight is 381 g/mol. The van der Waals surface area contributed by atoms with Crippen molar-refractivity contribution in [1.82, 2.24) is 10.2 Å². The van der Waals surface area contributed by atoms with E-state index in [0.717, 1.165) is 37.2 Å². The molecule has 0 unspecified atom stereocenters. The molecule has 0 spiro atoms. The van der Waals surface area contributed by atoms with Gasteiger partial charge in [-0.15, -0.1) is 0 Å². The maximum atomic E-state index is 12.1. The van der Waals surface area contributed by atoms with Gasteiger partial charge in [-0.3, -0.25) is 14.5 Å². The Labute approximate surface area is 165 Å². The largest absolute Gasteiger partial charge is 0.484 e. The number of benzene rings is 2. The molecule has 1 aliphatic heterocycles. The fourth-order valence-electron chi connectivity index (χ4n) is 3.21. The minimum absolute atomic E-state index is 0.0137. The third-order valence-corrected chi connectivity index (χ3v) is 4.77. The molecule has 1 fully saturated rings. The minimum Gasteiger partial charge on any atom is -0.484 e. The molecule has 28 heavy (non-hydrogen) atoms. The summed E-state index contributed by atoms with van der Waals surface area (Å²) in [5.74, 6) is 0.570. The quantitative estimate of drug-likeness (QED) is 0.773. The van der Waals surface area contributed by atoms with Gasteiger partial charge in [0.05, 0.1) is 6.54 Å². The highest BCUT2D eigenvalue weighted by Crippen LogP contribution is 2.13. The van der Waals surface area contributed by atoms with Crippen LogP contribution in [0.3, 0.4) is 0 Å². The van der Waals surface area contributed by atoms with Gasteiger partial charge in [-0.2, -0.15) is 0 Å². The molecule has 2 aromatic carbocycles. The maximum Gasteiger partial charge on any atom is 0.258 e. The summed E-state index contributed by atoms with van der Waals surface area (Å²) in [5, 5.41) is 5.92. The molecule has 2 amide bonds. The molecule has 0 radical (unpaired) electrons. The third-order valence-electron chi connectivity index (χ3n) is 4.77. The van der Waals surface area contributed by atoms with Gasteiger partial charge in [-0.25, -0.2) is 0 Å². The Balaban J connectivity index is 1.33. The van der Waals surface area contributed by atoms with Crippen LogP contribution in [0.15, 0.2) is 54.6 Å². The zero-order valence-corrected chi connectivity index (χ0v) is 16.2. The van der Waals surface area contributed by atoms with Gasteiger partial charge in [-0.05, 0) is 44.0 Å². The smallest absolute Gasteiger partial charge is 0.258 e. The summed E-state index contributed by atoms with van der Waals surface area (Å²) < 4.78 is 5.52. The number of nitrogens with zero attached hydrogens (tertiary/aromatic N) is 1. The van der Waals surface area contributed by atoms with Crippen molar-refractivity contribution < 1.29 is 14.3 Å². The summed E-state index contributed by atoms with van der Waals surface area (Å²) in [6.07, 6.45) is 1.66. The second kappa shape index (κ2) is 9.90. The van der Waals surface area contributed by atoms with Crippen LogP contribution in [0.25, 0.3) is 0 Å².